The summed E-state index contributed by atoms with van der Waals surface area (Å²) in [5.74, 6) is -0.0352. The van der Waals surface area contributed by atoms with Gasteiger partial charge in [-0.1, -0.05) is 29.3 Å². The third kappa shape index (κ3) is 2.92. The first-order valence-corrected chi connectivity index (χ1v) is 8.66. The number of aryl methyl sites for hydroxylation is 1. The average Bonchev–Trinajstić information content (AvgIpc) is 2.86. The smallest absolute Gasteiger partial charge is 0.224 e. The molecule has 128 valence electrons. The molecule has 3 heterocycles. The Morgan fingerprint density at radius 2 is 2.12 bits per heavy atom. The highest BCUT2D eigenvalue weighted by atomic mass is 35.5. The second kappa shape index (κ2) is 6.20. The van der Waals surface area contributed by atoms with Gasteiger partial charge in [0.2, 0.25) is 5.91 Å². The number of fused-ring (bicyclic) bond motifs is 2. The minimum Gasteiger partial charge on any atom is -0.396 e. The highest BCUT2D eigenvalue weighted by Gasteiger charge is 2.21. The number of aromatic nitrogens is 3. The number of nitrogens with zero attached hydrogens (tertiary/aromatic N) is 3. The molecule has 3 aromatic rings. The Bertz CT molecular complexity index is 998. The van der Waals surface area contributed by atoms with Crippen molar-refractivity contribution in [2.75, 3.05) is 11.1 Å². The number of nitrogen functional groups attached to an aromatic ring is 1. The summed E-state index contributed by atoms with van der Waals surface area (Å²) < 4.78 is 1.76. The van der Waals surface area contributed by atoms with E-state index in [1.807, 2.05) is 6.07 Å². The van der Waals surface area contributed by atoms with Crippen LogP contribution in [0.2, 0.25) is 10.0 Å². The van der Waals surface area contributed by atoms with Crippen LogP contribution in [0.25, 0.3) is 11.0 Å². The van der Waals surface area contributed by atoms with E-state index in [9.17, 15) is 4.79 Å². The molecule has 4 rings (SSSR count). The predicted molar refractivity (Wildman–Crippen MR) is 99.1 cm³/mol. The van der Waals surface area contributed by atoms with Crippen LogP contribution in [0.3, 0.4) is 0 Å². The minimum atomic E-state index is -0.0352. The quantitative estimate of drug-likeness (QED) is 0.715. The van der Waals surface area contributed by atoms with Crippen LogP contribution >= 0.6 is 23.2 Å². The molecule has 0 fully saturated rings. The first-order valence-electron chi connectivity index (χ1n) is 7.90. The number of carbonyl (C=O) groups excluding carboxylic acids is 1. The first-order chi connectivity index (χ1) is 12.0. The molecule has 8 heteroatoms. The van der Waals surface area contributed by atoms with Gasteiger partial charge >= 0.3 is 0 Å². The number of benzene rings is 1. The van der Waals surface area contributed by atoms with E-state index < -0.39 is 0 Å². The second-order valence-corrected chi connectivity index (χ2v) is 6.87. The molecule has 1 aromatic carbocycles. The molecule has 0 radical (unpaired) electrons. The number of pyridine rings is 1. The van der Waals surface area contributed by atoms with E-state index in [1.54, 1.807) is 23.0 Å². The average molecular weight is 376 g/mol. The number of rotatable bonds is 2. The Morgan fingerprint density at radius 3 is 2.92 bits per heavy atom. The molecular formula is C17H15Cl2N5O. The van der Waals surface area contributed by atoms with Crippen molar-refractivity contribution < 1.29 is 4.79 Å². The number of hydrogen-bond acceptors (Lipinski definition) is 4. The zero-order valence-corrected chi connectivity index (χ0v) is 14.7. The maximum Gasteiger partial charge on any atom is 0.224 e. The molecule has 2 aromatic heterocycles. The van der Waals surface area contributed by atoms with Crippen molar-refractivity contribution in [3.63, 3.8) is 0 Å². The summed E-state index contributed by atoms with van der Waals surface area (Å²) in [6.45, 7) is 0.455. The Hall–Kier alpha value is -2.31. The van der Waals surface area contributed by atoms with Crippen molar-refractivity contribution in [1.29, 1.82) is 0 Å². The summed E-state index contributed by atoms with van der Waals surface area (Å²) in [7, 11) is 0. The lowest BCUT2D eigenvalue weighted by molar-refractivity contribution is -0.116. The van der Waals surface area contributed by atoms with Crippen LogP contribution < -0.4 is 11.1 Å². The predicted octanol–water partition coefficient (Wildman–Crippen LogP) is 3.64. The maximum absolute atomic E-state index is 11.8. The third-order valence-electron chi connectivity index (χ3n) is 4.32. The molecule has 0 atom stereocenters. The second-order valence-electron chi connectivity index (χ2n) is 6.02. The van der Waals surface area contributed by atoms with E-state index in [2.05, 4.69) is 10.4 Å². The van der Waals surface area contributed by atoms with E-state index in [4.69, 9.17) is 33.9 Å². The Kier molecular flexibility index (Phi) is 4.01. The van der Waals surface area contributed by atoms with Gasteiger partial charge < -0.3 is 11.1 Å². The molecule has 0 bridgehead atoms. The normalized spacial score (nSPS) is 14.2. The van der Waals surface area contributed by atoms with E-state index in [0.29, 0.717) is 51.8 Å². The van der Waals surface area contributed by atoms with Gasteiger partial charge in [0.15, 0.2) is 5.65 Å². The minimum absolute atomic E-state index is 0.0352. The molecule has 1 amide bonds. The molecule has 0 spiro atoms. The molecule has 1 aliphatic rings. The van der Waals surface area contributed by atoms with Crippen LogP contribution in [0.4, 0.5) is 11.4 Å². The summed E-state index contributed by atoms with van der Waals surface area (Å²) in [6.07, 6.45) is 3.58. The van der Waals surface area contributed by atoms with Crippen molar-refractivity contribution in [2.45, 2.75) is 25.8 Å². The number of amides is 1. The molecule has 0 unspecified atom stereocenters. The van der Waals surface area contributed by atoms with E-state index in [-0.39, 0.29) is 5.91 Å². The van der Waals surface area contributed by atoms with E-state index in [0.717, 1.165) is 17.7 Å². The van der Waals surface area contributed by atoms with Crippen molar-refractivity contribution in [1.82, 2.24) is 14.8 Å². The molecule has 25 heavy (non-hydrogen) atoms. The van der Waals surface area contributed by atoms with E-state index >= 15 is 0 Å². The Labute approximate surface area is 153 Å². The fourth-order valence-corrected chi connectivity index (χ4v) is 3.49. The Balaban J connectivity index is 1.80. The van der Waals surface area contributed by atoms with Gasteiger partial charge in [0.1, 0.15) is 0 Å². The lowest BCUT2D eigenvalue weighted by Crippen LogP contribution is -2.12. The number of nitrogens with one attached hydrogen (secondary N) is 1. The van der Waals surface area contributed by atoms with Gasteiger partial charge in [0, 0.05) is 16.5 Å². The van der Waals surface area contributed by atoms with E-state index in [1.165, 1.54) is 0 Å². The van der Waals surface area contributed by atoms with Gasteiger partial charge in [0.05, 0.1) is 35.2 Å². The topological polar surface area (TPSA) is 85.8 Å². The SMILES string of the molecule is Nc1c2c(nc3c1cnn3Cc1ccc(Cl)cc1Cl)CCCC(=O)N2. The Morgan fingerprint density at radius 1 is 1.28 bits per heavy atom. The van der Waals surface area contributed by atoms with Crippen molar-refractivity contribution in [3.8, 4) is 0 Å². The number of nitrogens with two attached hydrogens (primary N) is 1. The van der Waals surface area contributed by atoms with Crippen molar-refractivity contribution >= 4 is 51.5 Å². The fraction of sp³-hybridized carbons (Fsp3) is 0.235. The molecule has 3 N–H and O–H groups in total. The molecule has 0 saturated heterocycles. The highest BCUT2D eigenvalue weighted by molar-refractivity contribution is 6.35. The van der Waals surface area contributed by atoms with Gasteiger partial charge in [-0.25, -0.2) is 9.67 Å². The maximum atomic E-state index is 11.8. The number of halogens is 2. The fourth-order valence-electron chi connectivity index (χ4n) is 3.03. The summed E-state index contributed by atoms with van der Waals surface area (Å²) >= 11 is 12.2. The lowest BCUT2D eigenvalue weighted by atomic mass is 10.1. The van der Waals surface area contributed by atoms with Crippen LogP contribution in [0.15, 0.2) is 24.4 Å². The van der Waals surface area contributed by atoms with Crippen LogP contribution in [0.5, 0.6) is 0 Å². The summed E-state index contributed by atoms with van der Waals surface area (Å²) in [5, 5.41) is 9.13. The van der Waals surface area contributed by atoms with Crippen LogP contribution in [0.1, 0.15) is 24.1 Å². The van der Waals surface area contributed by atoms with Crippen molar-refractivity contribution in [3.05, 3.63) is 45.7 Å². The molecule has 1 aliphatic heterocycles. The zero-order chi connectivity index (χ0) is 17.6. The first kappa shape index (κ1) is 16.2. The zero-order valence-electron chi connectivity index (χ0n) is 13.2. The largest absolute Gasteiger partial charge is 0.396 e. The number of carbonyl (C=O) groups is 1. The summed E-state index contributed by atoms with van der Waals surface area (Å²) in [4.78, 5) is 16.5. The molecule has 6 nitrogen and oxygen atoms in total. The van der Waals surface area contributed by atoms with Crippen LogP contribution in [-0.4, -0.2) is 20.7 Å². The van der Waals surface area contributed by atoms with Gasteiger partial charge in [0.25, 0.3) is 0 Å². The monoisotopic (exact) mass is 375 g/mol. The van der Waals surface area contributed by atoms with Gasteiger partial charge in [-0.2, -0.15) is 5.10 Å². The van der Waals surface area contributed by atoms with Gasteiger partial charge in [-0.15, -0.1) is 0 Å². The van der Waals surface area contributed by atoms with Crippen LogP contribution in [0, 0.1) is 0 Å². The van der Waals surface area contributed by atoms with Crippen LogP contribution in [-0.2, 0) is 17.8 Å². The lowest BCUT2D eigenvalue weighted by Gasteiger charge is -2.11. The molecule has 0 saturated carbocycles. The number of hydrogen-bond donors (Lipinski definition) is 2. The molecule has 0 aliphatic carbocycles. The van der Waals surface area contributed by atoms with Gasteiger partial charge in [-0.05, 0) is 30.5 Å². The molecular weight excluding hydrogens is 361 g/mol. The van der Waals surface area contributed by atoms with Gasteiger partial charge in [-0.3, -0.25) is 4.79 Å². The summed E-state index contributed by atoms with van der Waals surface area (Å²) in [5.41, 5.74) is 9.75. The van der Waals surface area contributed by atoms with Crippen molar-refractivity contribution in [2.24, 2.45) is 0 Å². The third-order valence-corrected chi connectivity index (χ3v) is 4.90. The summed E-state index contributed by atoms with van der Waals surface area (Å²) in [6, 6.07) is 5.36. The standard InChI is InChI=1S/C17H15Cl2N5O/c18-10-5-4-9(12(19)6-10)8-24-17-11(7-21-24)15(20)16-13(22-17)2-1-3-14(25)23-16/h4-7H,1-3,8H2,(H2,20,22)(H,23,25). The number of anilines is 2. The highest BCUT2D eigenvalue weighted by Crippen LogP contribution is 2.33.